The SMILES string of the molecule is CNC(=O)Cn1c2c(c3ccccc31)C[C@H]1C[C@@H]2[C@@H](OC)CN1C(=O)N1CCOCC1. The largest absolute Gasteiger partial charge is 0.379 e. The number of hydrogen-bond donors (Lipinski definition) is 1. The van der Waals surface area contributed by atoms with Crippen molar-refractivity contribution in [3.05, 3.63) is 35.5 Å². The van der Waals surface area contributed by atoms with Gasteiger partial charge in [-0.25, -0.2) is 4.79 Å². The summed E-state index contributed by atoms with van der Waals surface area (Å²) in [4.78, 5) is 29.6. The van der Waals surface area contributed by atoms with E-state index in [-0.39, 0.29) is 30.0 Å². The normalized spacial score (nSPS) is 25.4. The van der Waals surface area contributed by atoms with Crippen LogP contribution in [0.1, 0.15) is 23.6 Å². The van der Waals surface area contributed by atoms with Crippen molar-refractivity contribution in [1.29, 1.82) is 0 Å². The lowest BCUT2D eigenvalue weighted by atomic mass is 9.76. The van der Waals surface area contributed by atoms with Gasteiger partial charge in [-0.05, 0) is 24.5 Å². The Balaban J connectivity index is 1.55. The van der Waals surface area contributed by atoms with Crippen LogP contribution in [-0.2, 0) is 27.2 Å². The Morgan fingerprint density at radius 1 is 1.23 bits per heavy atom. The molecule has 3 heterocycles. The smallest absolute Gasteiger partial charge is 0.320 e. The molecule has 31 heavy (non-hydrogen) atoms. The Bertz CT molecular complexity index is 997. The number of nitrogens with zero attached hydrogens (tertiary/aromatic N) is 3. The lowest BCUT2D eigenvalue weighted by Crippen LogP contribution is -2.59. The fourth-order valence-corrected chi connectivity index (χ4v) is 5.59. The Morgan fingerprint density at radius 2 is 2.00 bits per heavy atom. The Labute approximate surface area is 182 Å². The van der Waals surface area contributed by atoms with E-state index in [1.165, 1.54) is 16.6 Å². The average Bonchev–Trinajstić information content (AvgIpc) is 3.13. The summed E-state index contributed by atoms with van der Waals surface area (Å²) in [5, 5.41) is 3.93. The molecule has 5 rings (SSSR count). The zero-order valence-corrected chi connectivity index (χ0v) is 18.2. The van der Waals surface area contributed by atoms with E-state index in [4.69, 9.17) is 9.47 Å². The van der Waals surface area contributed by atoms with Gasteiger partial charge in [0.2, 0.25) is 5.91 Å². The number of rotatable bonds is 3. The third kappa shape index (κ3) is 3.38. The van der Waals surface area contributed by atoms with Crippen LogP contribution in [0.15, 0.2) is 24.3 Å². The predicted molar refractivity (Wildman–Crippen MR) is 116 cm³/mol. The molecule has 2 aromatic rings. The minimum Gasteiger partial charge on any atom is -0.379 e. The van der Waals surface area contributed by atoms with Gasteiger partial charge in [0, 0.05) is 62.3 Å². The second-order valence-corrected chi connectivity index (χ2v) is 8.65. The molecule has 0 radical (unpaired) electrons. The van der Waals surface area contributed by atoms with E-state index in [2.05, 4.69) is 22.0 Å². The number of para-hydroxylation sites is 1. The number of amides is 3. The molecular formula is C23H30N4O4. The van der Waals surface area contributed by atoms with Crippen LogP contribution in [0.5, 0.6) is 0 Å². The van der Waals surface area contributed by atoms with Crippen molar-refractivity contribution in [1.82, 2.24) is 19.7 Å². The summed E-state index contributed by atoms with van der Waals surface area (Å²) >= 11 is 0. The van der Waals surface area contributed by atoms with Gasteiger partial charge in [-0.1, -0.05) is 18.2 Å². The van der Waals surface area contributed by atoms with Gasteiger partial charge in [0.15, 0.2) is 0 Å². The quantitative estimate of drug-likeness (QED) is 0.809. The van der Waals surface area contributed by atoms with E-state index in [1.807, 2.05) is 21.9 Å². The van der Waals surface area contributed by atoms with E-state index >= 15 is 0 Å². The van der Waals surface area contributed by atoms with Crippen LogP contribution in [0.2, 0.25) is 0 Å². The number of benzene rings is 1. The van der Waals surface area contributed by atoms with Crippen molar-refractivity contribution in [2.24, 2.45) is 0 Å². The van der Waals surface area contributed by atoms with Gasteiger partial charge in [0.25, 0.3) is 0 Å². The first kappa shape index (κ1) is 20.3. The minimum absolute atomic E-state index is 0.0143. The van der Waals surface area contributed by atoms with Gasteiger partial charge < -0.3 is 29.2 Å². The van der Waals surface area contributed by atoms with Crippen molar-refractivity contribution in [2.75, 3.05) is 47.0 Å². The molecule has 2 saturated heterocycles. The number of ether oxygens (including phenoxy) is 2. The number of urea groups is 1. The van der Waals surface area contributed by atoms with E-state index in [9.17, 15) is 9.59 Å². The maximum atomic E-state index is 13.4. The number of fused-ring (bicyclic) bond motifs is 6. The molecule has 1 aliphatic carbocycles. The number of likely N-dealkylation sites (tertiary alicyclic amines) is 1. The van der Waals surface area contributed by atoms with E-state index in [0.717, 1.165) is 18.4 Å². The molecule has 2 aliphatic heterocycles. The van der Waals surface area contributed by atoms with Gasteiger partial charge in [-0.2, -0.15) is 0 Å². The highest BCUT2D eigenvalue weighted by molar-refractivity contribution is 5.88. The van der Waals surface area contributed by atoms with Gasteiger partial charge in [0.1, 0.15) is 6.54 Å². The van der Waals surface area contributed by atoms with Crippen LogP contribution in [-0.4, -0.2) is 85.5 Å². The van der Waals surface area contributed by atoms with Crippen molar-refractivity contribution in [2.45, 2.75) is 37.5 Å². The molecule has 2 bridgehead atoms. The number of methoxy groups -OCH3 is 1. The van der Waals surface area contributed by atoms with Crippen molar-refractivity contribution < 1.29 is 19.1 Å². The Hall–Kier alpha value is -2.58. The van der Waals surface area contributed by atoms with Crippen molar-refractivity contribution in [3.8, 4) is 0 Å². The topological polar surface area (TPSA) is 76.0 Å². The monoisotopic (exact) mass is 426 g/mol. The highest BCUT2D eigenvalue weighted by Gasteiger charge is 2.46. The Kier molecular flexibility index (Phi) is 5.35. The molecule has 0 saturated carbocycles. The third-order valence-electron chi connectivity index (χ3n) is 7.11. The summed E-state index contributed by atoms with van der Waals surface area (Å²) in [6, 6.07) is 8.50. The van der Waals surface area contributed by atoms with Crippen LogP contribution in [0.25, 0.3) is 10.9 Å². The highest BCUT2D eigenvalue weighted by atomic mass is 16.5. The maximum absolute atomic E-state index is 13.4. The first-order valence-electron chi connectivity index (χ1n) is 11.1. The minimum atomic E-state index is -0.104. The third-order valence-corrected chi connectivity index (χ3v) is 7.11. The van der Waals surface area contributed by atoms with Gasteiger partial charge >= 0.3 is 6.03 Å². The zero-order chi connectivity index (χ0) is 21.5. The first-order chi connectivity index (χ1) is 15.1. The number of piperidine rings is 1. The van der Waals surface area contributed by atoms with Gasteiger partial charge in [-0.3, -0.25) is 4.79 Å². The van der Waals surface area contributed by atoms with Gasteiger partial charge in [-0.15, -0.1) is 0 Å². The number of aromatic nitrogens is 1. The standard InChI is InChI=1S/C23H30N4O4/c1-24-21(28)14-27-19-6-4-3-5-16(19)17-11-15-12-18(22(17)27)20(30-2)13-26(15)23(29)25-7-9-31-10-8-25/h3-6,15,18,20H,7-14H2,1-2H3,(H,24,28)/t15-,18+,20-/m0/s1. The first-order valence-corrected chi connectivity index (χ1v) is 11.1. The van der Waals surface area contributed by atoms with Gasteiger partial charge in [0.05, 0.1) is 19.3 Å². The second kappa shape index (κ2) is 8.16. The molecule has 0 unspecified atom stereocenters. The molecule has 8 heteroatoms. The average molecular weight is 427 g/mol. The maximum Gasteiger partial charge on any atom is 0.320 e. The molecular weight excluding hydrogens is 396 g/mol. The molecule has 1 aromatic heterocycles. The molecule has 3 aliphatic rings. The van der Waals surface area contributed by atoms with E-state index < -0.39 is 0 Å². The number of carbonyl (C=O) groups is 2. The summed E-state index contributed by atoms with van der Waals surface area (Å²) < 4.78 is 13.5. The number of carbonyl (C=O) groups excluding carboxylic acids is 2. The van der Waals surface area contributed by atoms with E-state index in [1.54, 1.807) is 14.2 Å². The number of hydrogen-bond acceptors (Lipinski definition) is 4. The molecule has 166 valence electrons. The summed E-state index contributed by atoms with van der Waals surface area (Å²) in [7, 11) is 3.40. The summed E-state index contributed by atoms with van der Waals surface area (Å²) in [5.41, 5.74) is 3.53. The zero-order valence-electron chi connectivity index (χ0n) is 18.2. The fraction of sp³-hybridized carbons (Fsp3) is 0.565. The predicted octanol–water partition coefficient (Wildman–Crippen LogP) is 1.57. The van der Waals surface area contributed by atoms with Crippen molar-refractivity contribution in [3.63, 3.8) is 0 Å². The Morgan fingerprint density at radius 3 is 2.74 bits per heavy atom. The summed E-state index contributed by atoms with van der Waals surface area (Å²) in [5.74, 6) is 0.143. The van der Waals surface area contributed by atoms with Crippen LogP contribution in [0.4, 0.5) is 4.79 Å². The van der Waals surface area contributed by atoms with Crippen LogP contribution >= 0.6 is 0 Å². The molecule has 1 N–H and O–H groups in total. The summed E-state index contributed by atoms with van der Waals surface area (Å²) in [6.45, 7) is 3.33. The highest BCUT2D eigenvalue weighted by Crippen LogP contribution is 2.45. The van der Waals surface area contributed by atoms with Crippen LogP contribution in [0.3, 0.4) is 0 Å². The van der Waals surface area contributed by atoms with Crippen LogP contribution < -0.4 is 5.32 Å². The molecule has 3 atom stereocenters. The molecule has 2 fully saturated rings. The van der Waals surface area contributed by atoms with Crippen LogP contribution in [0, 0.1) is 0 Å². The lowest BCUT2D eigenvalue weighted by molar-refractivity contribution is -0.121. The summed E-state index contributed by atoms with van der Waals surface area (Å²) in [6.07, 6.45) is 1.55. The molecule has 3 amide bonds. The number of nitrogens with one attached hydrogen (secondary N) is 1. The molecule has 8 nitrogen and oxygen atoms in total. The molecule has 0 spiro atoms. The number of likely N-dealkylation sites (N-methyl/N-ethyl adjacent to an activating group) is 1. The number of morpholine rings is 1. The fourth-order valence-electron chi connectivity index (χ4n) is 5.59. The van der Waals surface area contributed by atoms with Crippen molar-refractivity contribution >= 4 is 22.8 Å². The molecule has 1 aromatic carbocycles. The van der Waals surface area contributed by atoms with E-state index in [0.29, 0.717) is 39.4 Å². The second-order valence-electron chi connectivity index (χ2n) is 8.65. The lowest BCUT2D eigenvalue weighted by Gasteiger charge is -2.48.